The Kier molecular flexibility index (Phi) is 5.73. The molecular formula is C14H15ClF3N7. The van der Waals surface area contributed by atoms with Crippen LogP contribution in [0.5, 0.6) is 0 Å². The lowest BCUT2D eigenvalue weighted by Gasteiger charge is -2.04. The van der Waals surface area contributed by atoms with Crippen molar-refractivity contribution in [1.29, 1.82) is 0 Å². The van der Waals surface area contributed by atoms with Crippen LogP contribution in [0.25, 0.3) is 5.82 Å². The fraction of sp³-hybridized carbons (Fsp3) is 0.357. The van der Waals surface area contributed by atoms with Gasteiger partial charge in [0, 0.05) is 11.9 Å². The van der Waals surface area contributed by atoms with E-state index in [9.17, 15) is 13.2 Å². The lowest BCUT2D eigenvalue weighted by Crippen LogP contribution is -2.10. The number of hydrogen-bond donors (Lipinski definition) is 0. The molecule has 0 radical (unpaired) electrons. The molecule has 0 aliphatic heterocycles. The van der Waals surface area contributed by atoms with Gasteiger partial charge in [-0.3, -0.25) is 0 Å². The third-order valence-corrected chi connectivity index (χ3v) is 3.18. The highest BCUT2D eigenvalue weighted by molar-refractivity contribution is 6.32. The van der Waals surface area contributed by atoms with Gasteiger partial charge in [-0.1, -0.05) is 25.4 Å². The van der Waals surface area contributed by atoms with Gasteiger partial charge in [0.25, 0.3) is 5.82 Å². The first-order valence-corrected chi connectivity index (χ1v) is 7.74. The number of alkyl halides is 3. The van der Waals surface area contributed by atoms with Crippen LogP contribution >= 0.6 is 11.6 Å². The highest BCUT2D eigenvalue weighted by Crippen LogP contribution is 2.25. The monoisotopic (exact) mass is 373 g/mol. The zero-order chi connectivity index (χ0) is 18.6. The average molecular weight is 374 g/mol. The molecule has 0 amide bonds. The molecule has 0 bridgehead atoms. The van der Waals surface area contributed by atoms with E-state index in [1.807, 2.05) is 13.8 Å². The van der Waals surface area contributed by atoms with Crippen LogP contribution in [0.4, 0.5) is 13.2 Å². The number of pyridine rings is 1. The molecule has 0 N–H and O–H groups in total. The molecule has 0 aromatic carbocycles. The number of tetrazole rings is 1. The second-order valence-corrected chi connectivity index (χ2v) is 5.05. The molecular weight excluding hydrogens is 359 g/mol. The van der Waals surface area contributed by atoms with Crippen LogP contribution in [0.15, 0.2) is 24.4 Å². The molecule has 0 atom stereocenters. The first kappa shape index (κ1) is 18.8. The standard InChI is InChI=1S/C12H9ClF3N7.C2H6/c1-7-5-8(6-22-20-11(18-21-22)12(14,15)16)19-23(7)10-9(13)3-2-4-17-10;1-2/h2-5H,6H2,1H3;1-2H3. The Morgan fingerprint density at radius 2 is 1.92 bits per heavy atom. The van der Waals surface area contributed by atoms with Crippen LogP contribution in [-0.2, 0) is 12.7 Å². The van der Waals surface area contributed by atoms with Gasteiger partial charge < -0.3 is 0 Å². The quantitative estimate of drug-likeness (QED) is 0.704. The predicted octanol–water partition coefficient (Wildman–Crippen LogP) is 3.31. The zero-order valence-electron chi connectivity index (χ0n) is 13.7. The van der Waals surface area contributed by atoms with Crippen LogP contribution in [0.3, 0.4) is 0 Å². The second-order valence-electron chi connectivity index (χ2n) is 4.64. The SMILES string of the molecule is CC.Cc1cc(Cn2nnc(C(F)(F)F)n2)nn1-c1ncccc1Cl. The molecule has 3 aromatic rings. The van der Waals surface area contributed by atoms with Crippen molar-refractivity contribution in [3.8, 4) is 5.82 Å². The van der Waals surface area contributed by atoms with E-state index in [1.165, 1.54) is 4.68 Å². The number of aryl methyl sites for hydroxylation is 1. The number of rotatable bonds is 3. The smallest absolute Gasteiger partial charge is 0.236 e. The highest BCUT2D eigenvalue weighted by atomic mass is 35.5. The maximum atomic E-state index is 12.5. The third kappa shape index (κ3) is 4.32. The predicted molar refractivity (Wildman–Crippen MR) is 84.4 cm³/mol. The Balaban J connectivity index is 0.00000109. The van der Waals surface area contributed by atoms with Crippen molar-refractivity contribution in [3.63, 3.8) is 0 Å². The fourth-order valence-corrected chi connectivity index (χ4v) is 2.13. The van der Waals surface area contributed by atoms with E-state index < -0.39 is 12.0 Å². The molecule has 0 fully saturated rings. The van der Waals surface area contributed by atoms with Crippen molar-refractivity contribution in [2.24, 2.45) is 0 Å². The molecule has 11 heteroatoms. The first-order chi connectivity index (χ1) is 11.8. The van der Waals surface area contributed by atoms with E-state index in [1.54, 1.807) is 31.3 Å². The molecule has 0 aliphatic rings. The Bertz CT molecular complexity index is 841. The van der Waals surface area contributed by atoms with E-state index in [4.69, 9.17) is 11.6 Å². The highest BCUT2D eigenvalue weighted by Gasteiger charge is 2.36. The lowest BCUT2D eigenvalue weighted by atomic mass is 10.4. The van der Waals surface area contributed by atoms with Gasteiger partial charge >= 0.3 is 6.18 Å². The van der Waals surface area contributed by atoms with Gasteiger partial charge in [0.05, 0.1) is 10.7 Å². The van der Waals surface area contributed by atoms with E-state index in [0.717, 1.165) is 10.5 Å². The summed E-state index contributed by atoms with van der Waals surface area (Å²) in [5.74, 6) is -0.859. The lowest BCUT2D eigenvalue weighted by molar-refractivity contribution is -0.145. The van der Waals surface area contributed by atoms with Crippen molar-refractivity contribution in [1.82, 2.24) is 35.0 Å². The van der Waals surface area contributed by atoms with E-state index in [2.05, 4.69) is 25.5 Å². The summed E-state index contributed by atoms with van der Waals surface area (Å²) in [4.78, 5) is 4.96. The Morgan fingerprint density at radius 1 is 1.20 bits per heavy atom. The summed E-state index contributed by atoms with van der Waals surface area (Å²) in [5.41, 5.74) is 1.17. The summed E-state index contributed by atoms with van der Waals surface area (Å²) < 4.78 is 38.9. The summed E-state index contributed by atoms with van der Waals surface area (Å²) in [6.07, 6.45) is -3.06. The molecule has 3 heterocycles. The summed E-state index contributed by atoms with van der Waals surface area (Å²) >= 11 is 6.07. The van der Waals surface area contributed by atoms with Gasteiger partial charge in [-0.05, 0) is 30.3 Å². The number of nitrogens with zero attached hydrogens (tertiary/aromatic N) is 7. The topological polar surface area (TPSA) is 74.3 Å². The molecule has 0 saturated heterocycles. The average Bonchev–Trinajstić information content (AvgIpc) is 3.17. The summed E-state index contributed by atoms with van der Waals surface area (Å²) in [7, 11) is 0. The molecule has 3 rings (SSSR count). The van der Waals surface area contributed by atoms with Gasteiger partial charge in [-0.2, -0.15) is 23.1 Å². The molecule has 0 unspecified atom stereocenters. The first-order valence-electron chi connectivity index (χ1n) is 7.36. The summed E-state index contributed by atoms with van der Waals surface area (Å²) in [6.45, 7) is 5.72. The molecule has 0 spiro atoms. The summed E-state index contributed by atoms with van der Waals surface area (Å²) in [6, 6.07) is 5.03. The fourth-order valence-electron chi connectivity index (χ4n) is 1.93. The Hall–Kier alpha value is -2.49. The molecule has 3 aromatic heterocycles. The molecule has 0 saturated carbocycles. The number of aromatic nitrogens is 7. The van der Waals surface area contributed by atoms with Crippen LogP contribution in [-0.4, -0.2) is 35.0 Å². The maximum Gasteiger partial charge on any atom is 0.455 e. The molecule has 7 nitrogen and oxygen atoms in total. The minimum atomic E-state index is -4.63. The van der Waals surface area contributed by atoms with Gasteiger partial charge in [-0.15, -0.1) is 10.2 Å². The second kappa shape index (κ2) is 7.60. The third-order valence-electron chi connectivity index (χ3n) is 2.89. The van der Waals surface area contributed by atoms with Crippen LogP contribution in [0, 0.1) is 6.92 Å². The van der Waals surface area contributed by atoms with Crippen LogP contribution in [0.2, 0.25) is 5.02 Å². The van der Waals surface area contributed by atoms with Crippen LogP contribution in [0.1, 0.15) is 31.1 Å². The molecule has 0 aliphatic carbocycles. The Morgan fingerprint density at radius 3 is 2.52 bits per heavy atom. The van der Waals surface area contributed by atoms with Crippen molar-refractivity contribution < 1.29 is 13.2 Å². The van der Waals surface area contributed by atoms with Crippen LogP contribution < -0.4 is 0 Å². The maximum absolute atomic E-state index is 12.5. The van der Waals surface area contributed by atoms with Gasteiger partial charge in [-0.25, -0.2) is 9.67 Å². The van der Waals surface area contributed by atoms with Crippen molar-refractivity contribution >= 4 is 11.6 Å². The van der Waals surface area contributed by atoms with E-state index in [0.29, 0.717) is 16.5 Å². The van der Waals surface area contributed by atoms with E-state index in [-0.39, 0.29) is 6.54 Å². The minimum Gasteiger partial charge on any atom is -0.236 e. The van der Waals surface area contributed by atoms with Crippen molar-refractivity contribution in [3.05, 3.63) is 46.6 Å². The number of hydrogen-bond acceptors (Lipinski definition) is 5. The van der Waals surface area contributed by atoms with Gasteiger partial charge in [0.15, 0.2) is 5.82 Å². The number of halogens is 4. The molecule has 25 heavy (non-hydrogen) atoms. The zero-order valence-corrected chi connectivity index (χ0v) is 14.4. The van der Waals surface area contributed by atoms with Gasteiger partial charge in [0.2, 0.25) is 0 Å². The molecule has 134 valence electrons. The summed E-state index contributed by atoms with van der Waals surface area (Å²) in [5, 5.41) is 14.3. The van der Waals surface area contributed by atoms with Crippen molar-refractivity contribution in [2.45, 2.75) is 33.5 Å². The van der Waals surface area contributed by atoms with E-state index >= 15 is 0 Å². The van der Waals surface area contributed by atoms with Gasteiger partial charge in [0.1, 0.15) is 6.54 Å². The largest absolute Gasteiger partial charge is 0.455 e. The Labute approximate surface area is 146 Å². The van der Waals surface area contributed by atoms with Crippen molar-refractivity contribution in [2.75, 3.05) is 0 Å². The normalized spacial score (nSPS) is 11.2. The minimum absolute atomic E-state index is 0.0542.